The van der Waals surface area contributed by atoms with Gasteiger partial charge >= 0.3 is 5.97 Å². The van der Waals surface area contributed by atoms with Crippen LogP contribution >= 0.6 is 11.6 Å². The summed E-state index contributed by atoms with van der Waals surface area (Å²) in [5.74, 6) is -1.11. The Morgan fingerprint density at radius 2 is 1.90 bits per heavy atom. The van der Waals surface area contributed by atoms with E-state index in [0.717, 1.165) is 18.4 Å². The Morgan fingerprint density at radius 3 is 2.45 bits per heavy atom. The lowest BCUT2D eigenvalue weighted by Gasteiger charge is -2.27. The van der Waals surface area contributed by atoms with Crippen LogP contribution in [-0.4, -0.2) is 23.0 Å². The van der Waals surface area contributed by atoms with Gasteiger partial charge in [0.2, 0.25) is 0 Å². The number of carboxylic acids is 1. The number of carbonyl (C=O) groups excluding carboxylic acids is 1. The molecule has 4 nitrogen and oxygen atoms in total. The number of amides is 1. The molecule has 0 saturated heterocycles. The maximum atomic E-state index is 12.2. The molecule has 0 radical (unpaired) electrons. The minimum atomic E-state index is -0.733. The Hall–Kier alpha value is -1.55. The minimum absolute atomic E-state index is 0.0631. The Labute approximate surface area is 123 Å². The van der Waals surface area contributed by atoms with Crippen LogP contribution in [0.5, 0.6) is 0 Å². The summed E-state index contributed by atoms with van der Waals surface area (Å²) in [5, 5.41) is 12.5. The average molecular weight is 296 g/mol. The fourth-order valence-electron chi connectivity index (χ4n) is 2.63. The molecular formula is C15H18ClNO3. The van der Waals surface area contributed by atoms with Gasteiger partial charge in [0.05, 0.1) is 5.92 Å². The summed E-state index contributed by atoms with van der Waals surface area (Å²) in [6.07, 6.45) is 2.68. The van der Waals surface area contributed by atoms with Gasteiger partial charge in [0.25, 0.3) is 5.91 Å². The van der Waals surface area contributed by atoms with E-state index in [1.54, 1.807) is 18.2 Å². The molecule has 0 bridgehead atoms. The smallest absolute Gasteiger partial charge is 0.306 e. The van der Waals surface area contributed by atoms with Gasteiger partial charge in [-0.1, -0.05) is 11.6 Å². The molecule has 0 aromatic heterocycles. The average Bonchev–Trinajstić information content (AvgIpc) is 2.39. The first-order valence-corrected chi connectivity index (χ1v) is 7.15. The predicted octanol–water partition coefficient (Wildman–Crippen LogP) is 3.02. The van der Waals surface area contributed by atoms with Crippen molar-refractivity contribution in [1.82, 2.24) is 5.32 Å². The first kappa shape index (κ1) is 14.9. The van der Waals surface area contributed by atoms with Crippen LogP contribution < -0.4 is 5.32 Å². The Kier molecular flexibility index (Phi) is 4.65. The van der Waals surface area contributed by atoms with Crippen LogP contribution in [0.3, 0.4) is 0 Å². The molecule has 1 fully saturated rings. The van der Waals surface area contributed by atoms with Crippen molar-refractivity contribution < 1.29 is 14.7 Å². The second-order valence-electron chi connectivity index (χ2n) is 5.32. The van der Waals surface area contributed by atoms with Gasteiger partial charge in [0.1, 0.15) is 0 Å². The van der Waals surface area contributed by atoms with Crippen molar-refractivity contribution in [2.75, 3.05) is 0 Å². The van der Waals surface area contributed by atoms with Crippen molar-refractivity contribution in [1.29, 1.82) is 0 Å². The molecule has 5 heteroatoms. The number of rotatable bonds is 3. The van der Waals surface area contributed by atoms with Crippen LogP contribution in [0, 0.1) is 12.8 Å². The third-order valence-corrected chi connectivity index (χ3v) is 4.08. The number of hydrogen-bond donors (Lipinski definition) is 2. The summed E-state index contributed by atoms with van der Waals surface area (Å²) in [6.45, 7) is 1.85. The predicted molar refractivity (Wildman–Crippen MR) is 77.0 cm³/mol. The lowest BCUT2D eigenvalue weighted by Crippen LogP contribution is -2.38. The van der Waals surface area contributed by atoms with E-state index in [9.17, 15) is 9.59 Å². The second kappa shape index (κ2) is 6.27. The van der Waals surface area contributed by atoms with Crippen LogP contribution in [0.2, 0.25) is 5.02 Å². The molecule has 1 aromatic rings. The number of hydrogen-bond acceptors (Lipinski definition) is 2. The Morgan fingerprint density at radius 1 is 1.25 bits per heavy atom. The number of aliphatic carboxylic acids is 1. The molecule has 2 N–H and O–H groups in total. The van der Waals surface area contributed by atoms with Crippen molar-refractivity contribution >= 4 is 23.5 Å². The standard InChI is InChI=1S/C15H18ClNO3/c1-9-8-11(16)4-7-13(9)14(18)17-12-5-2-10(3-6-12)15(19)20/h4,7-8,10,12H,2-3,5-6H2,1H3,(H,17,18)(H,19,20). The molecule has 0 spiro atoms. The van der Waals surface area contributed by atoms with Gasteiger partial charge in [-0.2, -0.15) is 0 Å². The van der Waals surface area contributed by atoms with E-state index in [1.165, 1.54) is 0 Å². The normalized spacial score (nSPS) is 22.3. The van der Waals surface area contributed by atoms with E-state index in [0.29, 0.717) is 23.4 Å². The lowest BCUT2D eigenvalue weighted by molar-refractivity contribution is -0.142. The second-order valence-corrected chi connectivity index (χ2v) is 5.76. The number of nitrogens with one attached hydrogen (secondary N) is 1. The lowest BCUT2D eigenvalue weighted by atomic mass is 9.86. The molecule has 0 aliphatic heterocycles. The van der Waals surface area contributed by atoms with E-state index >= 15 is 0 Å². The van der Waals surface area contributed by atoms with E-state index < -0.39 is 5.97 Å². The van der Waals surface area contributed by atoms with Crippen molar-refractivity contribution in [3.05, 3.63) is 34.3 Å². The first-order valence-electron chi connectivity index (χ1n) is 6.77. The summed E-state index contributed by atoms with van der Waals surface area (Å²) >= 11 is 5.87. The molecule has 1 aromatic carbocycles. The maximum absolute atomic E-state index is 12.2. The SMILES string of the molecule is Cc1cc(Cl)ccc1C(=O)NC1CCC(C(=O)O)CC1. The number of carboxylic acid groups (broad SMARTS) is 1. The topological polar surface area (TPSA) is 66.4 Å². The quantitative estimate of drug-likeness (QED) is 0.901. The molecule has 1 saturated carbocycles. The van der Waals surface area contributed by atoms with E-state index in [1.807, 2.05) is 6.92 Å². The number of halogens is 1. The minimum Gasteiger partial charge on any atom is -0.481 e. The van der Waals surface area contributed by atoms with E-state index in [4.69, 9.17) is 16.7 Å². The van der Waals surface area contributed by atoms with E-state index in [-0.39, 0.29) is 17.9 Å². The van der Waals surface area contributed by atoms with Crippen LogP contribution in [0.4, 0.5) is 0 Å². The van der Waals surface area contributed by atoms with Gasteiger partial charge in [-0.3, -0.25) is 9.59 Å². The summed E-state index contributed by atoms with van der Waals surface area (Å²) in [7, 11) is 0. The molecule has 1 aliphatic carbocycles. The largest absolute Gasteiger partial charge is 0.481 e. The van der Waals surface area contributed by atoms with Gasteiger partial charge in [-0.05, 0) is 56.4 Å². The van der Waals surface area contributed by atoms with Crippen LogP contribution in [0.25, 0.3) is 0 Å². The molecule has 0 heterocycles. The first-order chi connectivity index (χ1) is 9.47. The van der Waals surface area contributed by atoms with Gasteiger partial charge < -0.3 is 10.4 Å². The Bertz CT molecular complexity index is 522. The molecule has 0 unspecified atom stereocenters. The highest BCUT2D eigenvalue weighted by atomic mass is 35.5. The molecule has 20 heavy (non-hydrogen) atoms. The van der Waals surface area contributed by atoms with Crippen molar-refractivity contribution in [3.8, 4) is 0 Å². The number of carbonyl (C=O) groups is 2. The fourth-order valence-corrected chi connectivity index (χ4v) is 2.86. The summed E-state index contributed by atoms with van der Waals surface area (Å²) in [6, 6.07) is 5.24. The zero-order chi connectivity index (χ0) is 14.7. The highest BCUT2D eigenvalue weighted by molar-refractivity contribution is 6.30. The molecule has 1 amide bonds. The summed E-state index contributed by atoms with van der Waals surface area (Å²) < 4.78 is 0. The maximum Gasteiger partial charge on any atom is 0.306 e. The molecule has 1 aliphatic rings. The summed E-state index contributed by atoms with van der Waals surface area (Å²) in [5.41, 5.74) is 1.46. The molecule has 2 rings (SSSR count). The zero-order valence-electron chi connectivity index (χ0n) is 11.4. The van der Waals surface area contributed by atoms with Gasteiger partial charge in [0, 0.05) is 16.6 Å². The monoisotopic (exact) mass is 295 g/mol. The van der Waals surface area contributed by atoms with Crippen molar-refractivity contribution in [2.45, 2.75) is 38.6 Å². The van der Waals surface area contributed by atoms with Gasteiger partial charge in [0.15, 0.2) is 0 Å². The van der Waals surface area contributed by atoms with Gasteiger partial charge in [-0.15, -0.1) is 0 Å². The van der Waals surface area contributed by atoms with Crippen molar-refractivity contribution in [2.24, 2.45) is 5.92 Å². The highest BCUT2D eigenvalue weighted by Crippen LogP contribution is 2.25. The number of aryl methyl sites for hydroxylation is 1. The van der Waals surface area contributed by atoms with Crippen LogP contribution in [-0.2, 0) is 4.79 Å². The fraction of sp³-hybridized carbons (Fsp3) is 0.467. The molecule has 108 valence electrons. The third-order valence-electron chi connectivity index (χ3n) is 3.84. The molecular weight excluding hydrogens is 278 g/mol. The highest BCUT2D eigenvalue weighted by Gasteiger charge is 2.27. The van der Waals surface area contributed by atoms with Crippen LogP contribution in [0.1, 0.15) is 41.6 Å². The third kappa shape index (κ3) is 3.51. The number of benzene rings is 1. The van der Waals surface area contributed by atoms with Gasteiger partial charge in [-0.25, -0.2) is 0 Å². The van der Waals surface area contributed by atoms with Crippen LogP contribution in [0.15, 0.2) is 18.2 Å². The van der Waals surface area contributed by atoms with Crippen molar-refractivity contribution in [3.63, 3.8) is 0 Å². The van der Waals surface area contributed by atoms with E-state index in [2.05, 4.69) is 5.32 Å². The zero-order valence-corrected chi connectivity index (χ0v) is 12.1. The Balaban J connectivity index is 1.94. The summed E-state index contributed by atoms with van der Waals surface area (Å²) in [4.78, 5) is 23.1. The molecule has 0 atom stereocenters.